The van der Waals surface area contributed by atoms with Crippen molar-refractivity contribution in [3.05, 3.63) is 86.5 Å². The van der Waals surface area contributed by atoms with E-state index in [-0.39, 0.29) is 11.4 Å². The summed E-state index contributed by atoms with van der Waals surface area (Å²) < 4.78 is 6.37. The second kappa shape index (κ2) is 11.8. The number of unbranched alkanes of at least 4 members (excludes halogenated alkanes) is 2. The highest BCUT2D eigenvalue weighted by Gasteiger charge is 2.23. The topological polar surface area (TPSA) is 110 Å². The van der Waals surface area contributed by atoms with Crippen LogP contribution in [0.5, 0.6) is 0 Å². The average Bonchev–Trinajstić information content (AvgIpc) is 3.24. The summed E-state index contributed by atoms with van der Waals surface area (Å²) in [6.07, 6.45) is 5.11. The molecule has 0 spiro atoms. The minimum absolute atomic E-state index is 0.0534. The molecule has 1 aromatic heterocycles. The molecule has 2 heterocycles. The Bertz CT molecular complexity index is 1230. The molecule has 1 fully saturated rings. The number of aromatic amines is 1. The van der Waals surface area contributed by atoms with E-state index in [4.69, 9.17) is 4.74 Å². The van der Waals surface area contributed by atoms with Gasteiger partial charge in [-0.3, -0.25) is 19.7 Å². The van der Waals surface area contributed by atoms with Gasteiger partial charge in [0.1, 0.15) is 0 Å². The molecule has 9 nitrogen and oxygen atoms in total. The minimum Gasteiger partial charge on any atom is -0.464 e. The van der Waals surface area contributed by atoms with E-state index in [1.807, 2.05) is 0 Å². The Hall–Kier alpha value is -3.72. The summed E-state index contributed by atoms with van der Waals surface area (Å²) >= 11 is 0. The van der Waals surface area contributed by atoms with Crippen molar-refractivity contribution in [2.24, 2.45) is 0 Å². The van der Waals surface area contributed by atoms with Crippen molar-refractivity contribution >= 4 is 11.7 Å². The van der Waals surface area contributed by atoms with Gasteiger partial charge in [0.25, 0.3) is 5.69 Å². The number of aromatic nitrogens is 2. The van der Waals surface area contributed by atoms with Gasteiger partial charge < -0.3 is 9.64 Å². The number of nitrogens with one attached hydrogen (secondary N) is 1. The molecule has 0 unspecified atom stereocenters. The summed E-state index contributed by atoms with van der Waals surface area (Å²) in [5, 5.41) is 11.0. The highest BCUT2D eigenvalue weighted by atomic mass is 16.6. The van der Waals surface area contributed by atoms with Crippen LogP contribution in [0.25, 0.3) is 11.3 Å². The molecule has 9 heteroatoms. The Morgan fingerprint density at radius 3 is 2.33 bits per heavy atom. The number of nitro groups is 1. The molecular weight excluding hydrogens is 460 g/mol. The summed E-state index contributed by atoms with van der Waals surface area (Å²) in [7, 11) is 1.25. The number of nitro benzene ring substituents is 1. The molecule has 0 atom stereocenters. The monoisotopic (exact) mass is 492 g/mol. The molecule has 36 heavy (non-hydrogen) atoms. The Morgan fingerprint density at radius 1 is 1.03 bits per heavy atom. The third-order valence-electron chi connectivity index (χ3n) is 6.94. The van der Waals surface area contributed by atoms with Gasteiger partial charge in [0.05, 0.1) is 17.7 Å². The molecule has 0 aliphatic carbocycles. The van der Waals surface area contributed by atoms with E-state index in [1.54, 1.807) is 12.1 Å². The van der Waals surface area contributed by atoms with Gasteiger partial charge in [0.15, 0.2) is 5.69 Å². The Kier molecular flexibility index (Phi) is 8.32. The van der Waals surface area contributed by atoms with Crippen molar-refractivity contribution in [1.29, 1.82) is 0 Å². The lowest BCUT2D eigenvalue weighted by Gasteiger charge is -2.32. The van der Waals surface area contributed by atoms with Crippen molar-refractivity contribution in [2.45, 2.75) is 44.6 Å². The van der Waals surface area contributed by atoms with E-state index < -0.39 is 16.6 Å². The number of H-pyrrole nitrogens is 1. The number of methoxy groups -OCH3 is 1. The fourth-order valence-corrected chi connectivity index (χ4v) is 4.97. The summed E-state index contributed by atoms with van der Waals surface area (Å²) in [4.78, 5) is 40.6. The number of carbonyl (C=O) groups excluding carboxylic acids is 1. The summed E-state index contributed by atoms with van der Waals surface area (Å²) in [6.45, 7) is 3.67. The number of nitrogens with zero attached hydrogens (tertiary/aromatic N) is 3. The fourth-order valence-electron chi connectivity index (χ4n) is 4.97. The van der Waals surface area contributed by atoms with Crippen LogP contribution in [0.3, 0.4) is 0 Å². The molecule has 1 saturated heterocycles. The normalized spacial score (nSPS) is 14.6. The third-order valence-corrected chi connectivity index (χ3v) is 6.94. The molecule has 1 N–H and O–H groups in total. The number of non-ortho nitro benzene ring substituents is 1. The highest BCUT2D eigenvalue weighted by Crippen LogP contribution is 2.28. The Balaban J connectivity index is 1.33. The lowest BCUT2D eigenvalue weighted by Crippen LogP contribution is -2.33. The van der Waals surface area contributed by atoms with Crippen LogP contribution >= 0.6 is 0 Å². The van der Waals surface area contributed by atoms with Crippen LogP contribution in [0, 0.1) is 10.1 Å². The average molecular weight is 493 g/mol. The molecule has 4 rings (SSSR count). The van der Waals surface area contributed by atoms with Gasteiger partial charge in [-0.1, -0.05) is 36.8 Å². The molecule has 3 aromatic rings. The highest BCUT2D eigenvalue weighted by molar-refractivity contribution is 5.94. The minimum atomic E-state index is -0.655. The van der Waals surface area contributed by atoms with Crippen molar-refractivity contribution in [2.75, 3.05) is 26.7 Å². The SMILES string of the molecule is COC(=O)c1[nH]c(=O)n(CCCCCN2CCC(c3ccccc3)CC2)c1-c1ccc([N+](=O)[O-])cc1. The number of ether oxygens (including phenoxy) is 1. The second-order valence-corrected chi connectivity index (χ2v) is 9.19. The molecule has 1 aliphatic heterocycles. The predicted octanol–water partition coefficient (Wildman–Crippen LogP) is 4.59. The first-order valence-corrected chi connectivity index (χ1v) is 12.4. The van der Waals surface area contributed by atoms with Crippen LogP contribution in [0.4, 0.5) is 5.69 Å². The summed E-state index contributed by atoms with van der Waals surface area (Å²) in [5.41, 5.74) is 1.97. The standard InChI is InChI=1S/C27H32N4O5/c1-36-26(32)24-25(22-10-12-23(13-11-22)31(34)35)30(27(33)28-24)17-7-3-6-16-29-18-14-21(15-19-29)20-8-4-2-5-9-20/h2,4-5,8-13,21H,3,6-7,14-19H2,1H3,(H,28,33). The number of imidazole rings is 1. The van der Waals surface area contributed by atoms with E-state index >= 15 is 0 Å². The van der Waals surface area contributed by atoms with E-state index in [0.29, 0.717) is 23.7 Å². The fraction of sp³-hybridized carbons (Fsp3) is 0.407. The van der Waals surface area contributed by atoms with E-state index in [0.717, 1.165) is 38.9 Å². The maximum absolute atomic E-state index is 12.7. The van der Waals surface area contributed by atoms with Crippen LogP contribution < -0.4 is 5.69 Å². The number of hydrogen-bond donors (Lipinski definition) is 1. The number of piperidine rings is 1. The zero-order valence-electron chi connectivity index (χ0n) is 20.5. The maximum Gasteiger partial charge on any atom is 0.356 e. The van der Waals surface area contributed by atoms with E-state index in [1.165, 1.54) is 42.2 Å². The Labute approximate surface area is 209 Å². The summed E-state index contributed by atoms with van der Waals surface area (Å²) in [6, 6.07) is 16.5. The van der Waals surface area contributed by atoms with Crippen molar-refractivity contribution in [3.8, 4) is 11.3 Å². The van der Waals surface area contributed by atoms with Crippen molar-refractivity contribution < 1.29 is 14.5 Å². The number of benzene rings is 2. The molecule has 0 amide bonds. The van der Waals surface area contributed by atoms with E-state index in [9.17, 15) is 19.7 Å². The quantitative estimate of drug-likeness (QED) is 0.192. The number of likely N-dealkylation sites (tertiary alicyclic amines) is 1. The molecule has 190 valence electrons. The van der Waals surface area contributed by atoms with E-state index in [2.05, 4.69) is 40.2 Å². The largest absolute Gasteiger partial charge is 0.464 e. The lowest BCUT2D eigenvalue weighted by molar-refractivity contribution is -0.384. The molecule has 0 saturated carbocycles. The third kappa shape index (κ3) is 5.91. The van der Waals surface area contributed by atoms with Crippen LogP contribution in [-0.4, -0.2) is 52.1 Å². The summed E-state index contributed by atoms with van der Waals surface area (Å²) in [5.74, 6) is -0.0112. The van der Waals surface area contributed by atoms with Crippen molar-refractivity contribution in [3.63, 3.8) is 0 Å². The van der Waals surface area contributed by atoms with Crippen molar-refractivity contribution in [1.82, 2.24) is 14.5 Å². The van der Waals surface area contributed by atoms with Gasteiger partial charge in [-0.2, -0.15) is 0 Å². The molecular formula is C27H32N4O5. The van der Waals surface area contributed by atoms with Gasteiger partial charge in [0, 0.05) is 24.2 Å². The maximum atomic E-state index is 12.7. The molecule has 1 aliphatic rings. The smallest absolute Gasteiger partial charge is 0.356 e. The zero-order valence-corrected chi connectivity index (χ0v) is 20.5. The number of rotatable bonds is 10. The Morgan fingerprint density at radius 2 is 1.69 bits per heavy atom. The second-order valence-electron chi connectivity index (χ2n) is 9.19. The first-order chi connectivity index (χ1) is 17.5. The zero-order chi connectivity index (χ0) is 25.5. The predicted molar refractivity (Wildman–Crippen MR) is 137 cm³/mol. The number of esters is 1. The molecule has 2 aromatic carbocycles. The number of hydrogen-bond acceptors (Lipinski definition) is 6. The van der Waals surface area contributed by atoms with Gasteiger partial charge in [0.2, 0.25) is 0 Å². The van der Waals surface area contributed by atoms with Gasteiger partial charge in [-0.25, -0.2) is 9.59 Å². The van der Waals surface area contributed by atoms with Crippen LogP contribution in [-0.2, 0) is 11.3 Å². The first kappa shape index (κ1) is 25.4. The first-order valence-electron chi connectivity index (χ1n) is 12.4. The van der Waals surface area contributed by atoms with Gasteiger partial charge in [-0.05, 0) is 68.9 Å². The van der Waals surface area contributed by atoms with Gasteiger partial charge >= 0.3 is 11.7 Å². The lowest BCUT2D eigenvalue weighted by atomic mass is 9.89. The molecule has 0 bridgehead atoms. The van der Waals surface area contributed by atoms with Crippen LogP contribution in [0.15, 0.2) is 59.4 Å². The molecule has 0 radical (unpaired) electrons. The van der Waals surface area contributed by atoms with Crippen LogP contribution in [0.1, 0.15) is 54.1 Å². The van der Waals surface area contributed by atoms with Gasteiger partial charge in [-0.15, -0.1) is 0 Å². The van der Waals surface area contributed by atoms with Crippen LogP contribution in [0.2, 0.25) is 0 Å². The number of carbonyl (C=O) groups is 1.